The molecular formula is C28H24Cl2N4O4. The van der Waals surface area contributed by atoms with E-state index < -0.39 is 11.4 Å². The first kappa shape index (κ1) is 25.9. The minimum Gasteiger partial charge on any atom is -0.432 e. The van der Waals surface area contributed by atoms with Crippen molar-refractivity contribution >= 4 is 57.9 Å². The average Bonchev–Trinajstić information content (AvgIpc) is 3.48. The molecule has 10 heteroatoms. The van der Waals surface area contributed by atoms with E-state index in [1.807, 2.05) is 30.3 Å². The predicted molar refractivity (Wildman–Crippen MR) is 149 cm³/mol. The molecule has 8 nitrogen and oxygen atoms in total. The number of halogens is 2. The summed E-state index contributed by atoms with van der Waals surface area (Å²) < 4.78 is 5.77. The largest absolute Gasteiger partial charge is 0.432 e. The molecule has 0 saturated heterocycles. The molecule has 1 aliphatic rings. The van der Waals surface area contributed by atoms with Gasteiger partial charge in [-0.1, -0.05) is 47.5 Å². The Morgan fingerprint density at radius 1 is 1.11 bits per heavy atom. The van der Waals surface area contributed by atoms with E-state index in [-0.39, 0.29) is 29.0 Å². The van der Waals surface area contributed by atoms with Crippen molar-refractivity contribution < 1.29 is 19.1 Å². The van der Waals surface area contributed by atoms with Gasteiger partial charge in [0.2, 0.25) is 17.4 Å². The lowest BCUT2D eigenvalue weighted by Gasteiger charge is -2.15. The molecule has 5 rings (SSSR count). The van der Waals surface area contributed by atoms with E-state index in [0.29, 0.717) is 38.8 Å². The number of nitrogens with zero attached hydrogens (tertiary/aromatic N) is 3. The Hall–Kier alpha value is -3.72. The maximum Gasteiger partial charge on any atom is 0.239 e. The molecule has 0 saturated carbocycles. The van der Waals surface area contributed by atoms with Gasteiger partial charge in [0, 0.05) is 35.2 Å². The number of nitrogen functional groups attached to an aromatic ring is 1. The quantitative estimate of drug-likeness (QED) is 0.296. The van der Waals surface area contributed by atoms with E-state index in [1.54, 1.807) is 24.4 Å². The SMILES string of the molecule is CC(=O)N1CC(c2ccc(-c3nc4oc(C(=O)C(C)(C)O)c(N)c4cc3-c3ccc(Cl)cc3)c(Cl)c2)C=N1. The second-order valence-corrected chi connectivity index (χ2v) is 10.5. The highest BCUT2D eigenvalue weighted by molar-refractivity contribution is 6.33. The number of hydrogen-bond donors (Lipinski definition) is 2. The molecule has 38 heavy (non-hydrogen) atoms. The number of hydrogen-bond acceptors (Lipinski definition) is 7. The van der Waals surface area contributed by atoms with Crippen LogP contribution >= 0.6 is 23.2 Å². The van der Waals surface area contributed by atoms with E-state index >= 15 is 0 Å². The van der Waals surface area contributed by atoms with Crippen LogP contribution in [0.5, 0.6) is 0 Å². The van der Waals surface area contributed by atoms with Gasteiger partial charge in [-0.2, -0.15) is 5.10 Å². The van der Waals surface area contributed by atoms with Gasteiger partial charge in [-0.3, -0.25) is 9.59 Å². The number of carbonyl (C=O) groups excluding carboxylic acids is 2. The van der Waals surface area contributed by atoms with Crippen molar-refractivity contribution in [3.63, 3.8) is 0 Å². The monoisotopic (exact) mass is 550 g/mol. The molecule has 2 aromatic heterocycles. The first-order valence-electron chi connectivity index (χ1n) is 11.8. The molecule has 3 N–H and O–H groups in total. The number of pyridine rings is 1. The Balaban J connectivity index is 1.66. The van der Waals surface area contributed by atoms with Crippen LogP contribution in [0.3, 0.4) is 0 Å². The summed E-state index contributed by atoms with van der Waals surface area (Å²) in [6, 6.07) is 14.6. The normalized spacial score (nSPS) is 15.4. The number of Topliss-reactive ketones (excluding diaryl/α,β-unsaturated/α-hetero) is 1. The number of benzene rings is 2. The third kappa shape index (κ3) is 4.67. The highest BCUT2D eigenvalue weighted by Crippen LogP contribution is 2.41. The van der Waals surface area contributed by atoms with E-state index in [1.165, 1.54) is 25.8 Å². The Bertz CT molecular complexity index is 1620. The third-order valence-corrected chi connectivity index (χ3v) is 7.00. The number of carbonyl (C=O) groups is 2. The number of fused-ring (bicyclic) bond motifs is 1. The molecule has 0 spiro atoms. The molecular weight excluding hydrogens is 527 g/mol. The zero-order valence-electron chi connectivity index (χ0n) is 20.8. The molecule has 3 heterocycles. The number of rotatable bonds is 5. The summed E-state index contributed by atoms with van der Waals surface area (Å²) in [7, 11) is 0. The number of aliphatic hydroxyl groups is 1. The molecule has 0 fully saturated rings. The zero-order chi connectivity index (χ0) is 27.4. The molecule has 0 bridgehead atoms. The fourth-order valence-electron chi connectivity index (χ4n) is 4.34. The molecule has 0 radical (unpaired) electrons. The highest BCUT2D eigenvalue weighted by atomic mass is 35.5. The van der Waals surface area contributed by atoms with Crippen molar-refractivity contribution in [2.45, 2.75) is 32.3 Å². The maximum atomic E-state index is 12.8. The summed E-state index contributed by atoms with van der Waals surface area (Å²) in [5, 5.41) is 17.3. The highest BCUT2D eigenvalue weighted by Gasteiger charge is 2.32. The fourth-order valence-corrected chi connectivity index (χ4v) is 4.74. The van der Waals surface area contributed by atoms with Crippen molar-refractivity contribution in [3.05, 3.63) is 69.9 Å². The van der Waals surface area contributed by atoms with Crippen LogP contribution in [0.2, 0.25) is 10.0 Å². The standard InChI is InChI=1S/C28H24Cl2N4O4/c1-14(35)34-13-17(12-32-34)16-6-9-19(22(30)10-16)24-20(15-4-7-18(29)8-5-15)11-21-23(31)25(38-27(21)33-24)26(36)28(2,3)37/h4-12,17,37H,13,31H2,1-3H3. The van der Waals surface area contributed by atoms with E-state index in [0.717, 1.165) is 11.1 Å². The average molecular weight is 551 g/mol. The van der Waals surface area contributed by atoms with Crippen LogP contribution in [0, 0.1) is 0 Å². The van der Waals surface area contributed by atoms with Crippen LogP contribution in [0.15, 0.2) is 58.0 Å². The van der Waals surface area contributed by atoms with E-state index in [9.17, 15) is 14.7 Å². The smallest absolute Gasteiger partial charge is 0.239 e. The van der Waals surface area contributed by atoms with E-state index in [4.69, 9.17) is 38.3 Å². The van der Waals surface area contributed by atoms with Gasteiger partial charge < -0.3 is 15.3 Å². The van der Waals surface area contributed by atoms with Crippen LogP contribution in [-0.4, -0.2) is 45.2 Å². The number of hydrazone groups is 1. The van der Waals surface area contributed by atoms with Gasteiger partial charge in [-0.15, -0.1) is 0 Å². The predicted octanol–water partition coefficient (Wildman–Crippen LogP) is 5.94. The summed E-state index contributed by atoms with van der Waals surface area (Å²) in [5.74, 6) is -1.02. The number of nitrogens with two attached hydrogens (primary N) is 1. The summed E-state index contributed by atoms with van der Waals surface area (Å²) in [6.45, 7) is 4.64. The lowest BCUT2D eigenvalue weighted by Crippen LogP contribution is -2.31. The number of ketones is 1. The van der Waals surface area contributed by atoms with Gasteiger partial charge in [0.1, 0.15) is 5.60 Å². The number of anilines is 1. The van der Waals surface area contributed by atoms with Gasteiger partial charge in [0.25, 0.3) is 0 Å². The van der Waals surface area contributed by atoms with Crippen molar-refractivity contribution in [1.82, 2.24) is 9.99 Å². The Labute approximate surface area is 228 Å². The minimum absolute atomic E-state index is 0.0862. The molecule has 1 atom stereocenters. The first-order chi connectivity index (χ1) is 17.9. The lowest BCUT2D eigenvalue weighted by molar-refractivity contribution is -0.128. The summed E-state index contributed by atoms with van der Waals surface area (Å²) in [5.41, 5.74) is 8.40. The molecule has 1 amide bonds. The molecule has 194 valence electrons. The Kier molecular flexibility index (Phi) is 6.51. The second-order valence-electron chi connectivity index (χ2n) is 9.69. The van der Waals surface area contributed by atoms with Crippen molar-refractivity contribution in [2.24, 2.45) is 5.10 Å². The summed E-state index contributed by atoms with van der Waals surface area (Å²) in [4.78, 5) is 29.2. The Morgan fingerprint density at radius 3 is 2.42 bits per heavy atom. The topological polar surface area (TPSA) is 122 Å². The van der Waals surface area contributed by atoms with Gasteiger partial charge >= 0.3 is 0 Å². The lowest BCUT2D eigenvalue weighted by atomic mass is 9.94. The third-order valence-electron chi connectivity index (χ3n) is 6.43. The fraction of sp³-hybridized carbons (Fsp3) is 0.214. The molecule has 1 aliphatic heterocycles. The van der Waals surface area contributed by atoms with Crippen LogP contribution in [0.25, 0.3) is 33.5 Å². The molecule has 2 aromatic carbocycles. The minimum atomic E-state index is -1.68. The van der Waals surface area contributed by atoms with Crippen LogP contribution in [-0.2, 0) is 4.79 Å². The Morgan fingerprint density at radius 2 is 1.82 bits per heavy atom. The maximum absolute atomic E-state index is 12.8. The van der Waals surface area contributed by atoms with Crippen LogP contribution < -0.4 is 5.73 Å². The first-order valence-corrected chi connectivity index (χ1v) is 12.6. The van der Waals surface area contributed by atoms with E-state index in [2.05, 4.69) is 5.10 Å². The van der Waals surface area contributed by atoms with Crippen molar-refractivity contribution in [1.29, 1.82) is 0 Å². The van der Waals surface area contributed by atoms with Crippen molar-refractivity contribution in [2.75, 3.05) is 12.3 Å². The molecule has 1 unspecified atom stereocenters. The van der Waals surface area contributed by atoms with Crippen molar-refractivity contribution in [3.8, 4) is 22.4 Å². The summed E-state index contributed by atoms with van der Waals surface area (Å²) >= 11 is 12.9. The number of aromatic nitrogens is 1. The van der Waals surface area contributed by atoms with Crippen LogP contribution in [0.4, 0.5) is 5.69 Å². The van der Waals surface area contributed by atoms with Crippen LogP contribution in [0.1, 0.15) is 42.8 Å². The number of amides is 1. The molecule has 4 aromatic rings. The van der Waals surface area contributed by atoms with Gasteiger partial charge in [-0.05, 0) is 49.2 Å². The van der Waals surface area contributed by atoms with Gasteiger partial charge in [0.15, 0.2) is 5.76 Å². The zero-order valence-corrected chi connectivity index (χ0v) is 22.3. The number of furan rings is 1. The van der Waals surface area contributed by atoms with Gasteiger partial charge in [-0.25, -0.2) is 9.99 Å². The summed E-state index contributed by atoms with van der Waals surface area (Å²) in [6.07, 6.45) is 1.73. The second kappa shape index (κ2) is 9.54. The molecule has 0 aliphatic carbocycles. The van der Waals surface area contributed by atoms with Gasteiger partial charge in [0.05, 0.1) is 28.3 Å².